The molecule has 6 rings (SSSR count). The Morgan fingerprint density at radius 3 is 1.71 bits per heavy atom. The van der Waals surface area contributed by atoms with Gasteiger partial charge in [-0.25, -0.2) is 0 Å². The van der Waals surface area contributed by atoms with Crippen LogP contribution in [0.2, 0.25) is 0 Å². The van der Waals surface area contributed by atoms with Crippen molar-refractivity contribution in [3.8, 4) is 0 Å². The molecule has 0 saturated heterocycles. The standard InChI is InChI=1S/C50H62N6O4S2/c1-47(2)41-33-37(19-25-43(41)53-49(47,59)27-11-9-13-35-15-21-39(22-16-35)55(5)6)45(57)51-29-31-61-62-32-30-52-46(58)38-20-26-44-42(34-38)48(3,4)50(60,54-44)28-12-10-14-36-17-23-40(24-18-36)56(7)8/h9-17,19-28,33-34,36,53-54,59-60H,18,29-32H2,1-8H3,(H,51,57)(H,52,58)/b13-9+,14-10+,27-11+,28-12+. The van der Waals surface area contributed by atoms with Gasteiger partial charge >= 0.3 is 0 Å². The fourth-order valence-corrected chi connectivity index (χ4v) is 9.55. The van der Waals surface area contributed by atoms with Crippen LogP contribution >= 0.6 is 21.6 Å². The van der Waals surface area contributed by atoms with Crippen molar-refractivity contribution < 1.29 is 19.8 Å². The van der Waals surface area contributed by atoms with Crippen LogP contribution < -0.4 is 26.2 Å². The van der Waals surface area contributed by atoms with Gasteiger partial charge in [0.1, 0.15) is 0 Å². The van der Waals surface area contributed by atoms with Crippen molar-refractivity contribution in [2.24, 2.45) is 5.92 Å². The minimum Gasteiger partial charge on any atom is -0.378 e. The average Bonchev–Trinajstić information content (AvgIpc) is 3.57. The first-order valence-electron chi connectivity index (χ1n) is 21.1. The van der Waals surface area contributed by atoms with Gasteiger partial charge in [0.2, 0.25) is 0 Å². The van der Waals surface area contributed by atoms with Crippen LogP contribution in [0.3, 0.4) is 0 Å². The van der Waals surface area contributed by atoms with E-state index in [4.69, 9.17) is 0 Å². The molecule has 6 N–H and O–H groups in total. The van der Waals surface area contributed by atoms with Gasteiger partial charge in [0.15, 0.2) is 11.4 Å². The number of carbonyl (C=O) groups excluding carboxylic acids is 2. The number of nitrogens with one attached hydrogen (secondary N) is 4. The number of amides is 2. The quantitative estimate of drug-likeness (QED) is 0.0447. The summed E-state index contributed by atoms with van der Waals surface area (Å²) in [5, 5.41) is 35.9. The molecular weight excluding hydrogens is 813 g/mol. The van der Waals surface area contributed by atoms with Crippen LogP contribution in [0.15, 0.2) is 127 Å². The molecule has 2 amide bonds. The second-order valence-electron chi connectivity index (χ2n) is 17.4. The first kappa shape index (κ1) is 46.4. The molecule has 3 atom stereocenters. The molecule has 0 spiro atoms. The molecule has 0 saturated carbocycles. The number of hydrogen-bond acceptors (Lipinski definition) is 10. The van der Waals surface area contributed by atoms with Gasteiger partial charge in [0.25, 0.3) is 11.8 Å². The largest absolute Gasteiger partial charge is 0.378 e. The molecule has 3 unspecified atom stereocenters. The highest BCUT2D eigenvalue weighted by Crippen LogP contribution is 2.48. The van der Waals surface area contributed by atoms with Crippen molar-refractivity contribution in [2.75, 3.05) is 68.3 Å². The van der Waals surface area contributed by atoms with E-state index < -0.39 is 22.3 Å². The SMILES string of the molecule is CN(C)C1=CCC(/C=C/C=C/C2(O)Nc3ccc(C(=O)NCCSSCCNC(=O)c4ccc5c(c4)C(C)(C)C(O)(/C=C/C=C/c4ccc(N(C)C)cc4)N5)cc3C2(C)C)C=C1. The topological polar surface area (TPSA) is 129 Å². The third-order valence-corrected chi connectivity index (χ3v) is 14.5. The summed E-state index contributed by atoms with van der Waals surface area (Å²) in [5.74, 6) is 1.38. The number of carbonyl (C=O) groups is 2. The minimum absolute atomic E-state index is 0.164. The Labute approximate surface area is 375 Å². The van der Waals surface area contributed by atoms with E-state index in [2.05, 4.69) is 79.6 Å². The number of hydrogen-bond donors (Lipinski definition) is 6. The summed E-state index contributed by atoms with van der Waals surface area (Å²) < 4.78 is 0. The molecule has 328 valence electrons. The van der Waals surface area contributed by atoms with E-state index in [-0.39, 0.29) is 11.8 Å². The third kappa shape index (κ3) is 10.4. The smallest absolute Gasteiger partial charge is 0.251 e. The monoisotopic (exact) mass is 874 g/mol. The van der Waals surface area contributed by atoms with Crippen LogP contribution in [0, 0.1) is 5.92 Å². The van der Waals surface area contributed by atoms with Gasteiger partial charge in [-0.3, -0.25) is 9.59 Å². The number of allylic oxidation sites excluding steroid dienone is 8. The number of aliphatic hydroxyl groups is 2. The van der Waals surface area contributed by atoms with Crippen LogP contribution in [0.1, 0.15) is 71.5 Å². The van der Waals surface area contributed by atoms with Crippen molar-refractivity contribution in [1.29, 1.82) is 0 Å². The van der Waals surface area contributed by atoms with Crippen LogP contribution in [0.4, 0.5) is 17.1 Å². The van der Waals surface area contributed by atoms with E-state index >= 15 is 0 Å². The summed E-state index contributed by atoms with van der Waals surface area (Å²) in [5.41, 5.74) is 3.80. The van der Waals surface area contributed by atoms with Crippen molar-refractivity contribution in [3.05, 3.63) is 155 Å². The lowest BCUT2D eigenvalue weighted by atomic mass is 9.77. The molecule has 12 heteroatoms. The Morgan fingerprint density at radius 1 is 0.726 bits per heavy atom. The summed E-state index contributed by atoms with van der Waals surface area (Å²) in [6.07, 6.45) is 22.8. The Hall–Kier alpha value is -5.14. The molecule has 62 heavy (non-hydrogen) atoms. The molecule has 0 fully saturated rings. The molecule has 1 aliphatic carbocycles. The molecule has 10 nitrogen and oxygen atoms in total. The minimum atomic E-state index is -1.34. The van der Waals surface area contributed by atoms with Crippen molar-refractivity contribution in [2.45, 2.75) is 56.4 Å². The second-order valence-corrected chi connectivity index (χ2v) is 20.1. The molecule has 0 radical (unpaired) electrons. The number of benzene rings is 3. The Balaban J connectivity index is 0.903. The predicted molar refractivity (Wildman–Crippen MR) is 262 cm³/mol. The maximum absolute atomic E-state index is 13.1. The van der Waals surface area contributed by atoms with Gasteiger partial charge < -0.3 is 41.3 Å². The van der Waals surface area contributed by atoms with E-state index in [9.17, 15) is 19.8 Å². The van der Waals surface area contributed by atoms with Gasteiger partial charge in [-0.2, -0.15) is 0 Å². The highest BCUT2D eigenvalue weighted by atomic mass is 33.1. The summed E-state index contributed by atoms with van der Waals surface area (Å²) in [6, 6.07) is 19.2. The molecule has 2 aliphatic heterocycles. The summed E-state index contributed by atoms with van der Waals surface area (Å²) in [4.78, 5) is 30.4. The zero-order chi connectivity index (χ0) is 44.7. The lowest BCUT2D eigenvalue weighted by Gasteiger charge is -2.34. The van der Waals surface area contributed by atoms with E-state index in [1.54, 1.807) is 45.9 Å². The van der Waals surface area contributed by atoms with Crippen molar-refractivity contribution in [3.63, 3.8) is 0 Å². The zero-order valence-electron chi connectivity index (χ0n) is 37.2. The summed E-state index contributed by atoms with van der Waals surface area (Å²) >= 11 is 0. The van der Waals surface area contributed by atoms with E-state index in [0.717, 1.165) is 40.2 Å². The third-order valence-electron chi connectivity index (χ3n) is 12.1. The molecule has 3 aliphatic rings. The molecule has 0 bridgehead atoms. The number of rotatable bonds is 17. The molecule has 2 heterocycles. The molecule has 3 aromatic carbocycles. The number of anilines is 3. The summed E-state index contributed by atoms with van der Waals surface area (Å²) in [7, 11) is 11.4. The highest BCUT2D eigenvalue weighted by Gasteiger charge is 2.50. The first-order valence-corrected chi connectivity index (χ1v) is 23.6. The van der Waals surface area contributed by atoms with Crippen molar-refractivity contribution >= 4 is 56.5 Å². The lowest BCUT2D eigenvalue weighted by Crippen LogP contribution is -2.47. The number of fused-ring (bicyclic) bond motifs is 2. The van der Waals surface area contributed by atoms with Crippen LogP contribution in [-0.4, -0.2) is 91.2 Å². The fourth-order valence-electron chi connectivity index (χ4n) is 7.74. The Bertz CT molecular complexity index is 2290. The van der Waals surface area contributed by atoms with Crippen LogP contribution in [0.25, 0.3) is 6.08 Å². The normalized spacial score (nSPS) is 22.1. The predicted octanol–water partition coefficient (Wildman–Crippen LogP) is 8.48. The van der Waals surface area contributed by atoms with Gasteiger partial charge in [-0.1, -0.05) is 110 Å². The number of nitrogens with zero attached hydrogens (tertiary/aromatic N) is 2. The first-order chi connectivity index (χ1) is 29.4. The van der Waals surface area contributed by atoms with E-state index in [0.29, 0.717) is 41.6 Å². The summed E-state index contributed by atoms with van der Waals surface area (Å²) in [6.45, 7) is 8.87. The number of likely N-dealkylation sites (N-methyl/N-ethyl adjacent to an activating group) is 1. The van der Waals surface area contributed by atoms with Crippen LogP contribution in [0.5, 0.6) is 0 Å². The maximum Gasteiger partial charge on any atom is 0.251 e. The van der Waals surface area contributed by atoms with E-state index in [1.165, 1.54) is 5.70 Å². The molecule has 0 aromatic heterocycles. The van der Waals surface area contributed by atoms with Gasteiger partial charge in [0, 0.05) is 97.5 Å². The lowest BCUT2D eigenvalue weighted by molar-refractivity contribution is 0.0580. The molecular formula is C50H62N6O4S2. The zero-order valence-corrected chi connectivity index (χ0v) is 38.8. The van der Waals surface area contributed by atoms with Crippen LogP contribution in [-0.2, 0) is 10.8 Å². The molecule has 3 aromatic rings. The maximum atomic E-state index is 13.1. The second kappa shape index (κ2) is 19.5. The Kier molecular flexibility index (Phi) is 14.6. The Morgan fingerprint density at radius 2 is 1.24 bits per heavy atom. The average molecular weight is 875 g/mol. The van der Waals surface area contributed by atoms with Gasteiger partial charge in [-0.05, 0) is 95.8 Å². The van der Waals surface area contributed by atoms with E-state index in [1.807, 2.05) is 111 Å². The highest BCUT2D eigenvalue weighted by molar-refractivity contribution is 8.76. The fraction of sp³-hybridized carbons (Fsp3) is 0.360. The van der Waals surface area contributed by atoms with Gasteiger partial charge in [0.05, 0.1) is 0 Å². The van der Waals surface area contributed by atoms with Gasteiger partial charge in [-0.15, -0.1) is 0 Å². The van der Waals surface area contributed by atoms with Crippen molar-refractivity contribution in [1.82, 2.24) is 15.5 Å².